The summed E-state index contributed by atoms with van der Waals surface area (Å²) in [4.78, 5) is 0.239. The van der Waals surface area contributed by atoms with Gasteiger partial charge in [0.1, 0.15) is 0 Å². The topological polar surface area (TPSA) is 72.2 Å². The minimum Gasteiger partial charge on any atom is -0.399 e. The Morgan fingerprint density at radius 3 is 2.61 bits per heavy atom. The predicted molar refractivity (Wildman–Crippen MR) is 75.7 cm³/mol. The van der Waals surface area contributed by atoms with Gasteiger partial charge in [0.25, 0.3) is 0 Å². The molecule has 1 aliphatic rings. The minimum absolute atomic E-state index is 0.188. The fraction of sp³-hybridized carbons (Fsp3) is 0.500. The van der Waals surface area contributed by atoms with E-state index in [2.05, 4.69) is 27.6 Å². The van der Waals surface area contributed by atoms with Crippen LogP contribution >= 0.6 is 15.9 Å². The number of hydrogen-bond acceptors (Lipinski definition) is 3. The molecule has 0 heterocycles. The van der Waals surface area contributed by atoms with Crippen molar-refractivity contribution in [3.05, 3.63) is 22.7 Å². The Kier molecular flexibility index (Phi) is 3.71. The van der Waals surface area contributed by atoms with Crippen molar-refractivity contribution < 1.29 is 8.42 Å². The van der Waals surface area contributed by atoms with Crippen LogP contribution in [0.2, 0.25) is 0 Å². The fourth-order valence-corrected chi connectivity index (χ4v) is 4.14. The van der Waals surface area contributed by atoms with Crippen LogP contribution in [-0.2, 0) is 10.0 Å². The second-order valence-electron chi connectivity index (χ2n) is 4.87. The quantitative estimate of drug-likeness (QED) is 0.813. The average molecular weight is 333 g/mol. The lowest BCUT2D eigenvalue weighted by atomic mass is 10.1. The largest absolute Gasteiger partial charge is 0.399 e. The van der Waals surface area contributed by atoms with Crippen molar-refractivity contribution in [2.24, 2.45) is 5.41 Å². The van der Waals surface area contributed by atoms with Crippen LogP contribution in [0.15, 0.2) is 27.6 Å². The number of hydrogen-bond donors (Lipinski definition) is 2. The van der Waals surface area contributed by atoms with Gasteiger partial charge in [0.2, 0.25) is 10.0 Å². The Morgan fingerprint density at radius 2 is 2.11 bits per heavy atom. The molecule has 0 aliphatic heterocycles. The molecule has 1 aliphatic carbocycles. The number of nitrogens with one attached hydrogen (secondary N) is 1. The summed E-state index contributed by atoms with van der Waals surface area (Å²) < 4.78 is 27.5. The average Bonchev–Trinajstić information content (AvgIpc) is 3.07. The molecule has 0 atom stereocenters. The molecule has 1 saturated carbocycles. The zero-order valence-corrected chi connectivity index (χ0v) is 12.6. The van der Waals surface area contributed by atoms with Gasteiger partial charge in [-0.2, -0.15) is 0 Å². The van der Waals surface area contributed by atoms with Crippen molar-refractivity contribution >= 4 is 31.6 Å². The van der Waals surface area contributed by atoms with E-state index in [1.165, 1.54) is 6.07 Å². The van der Waals surface area contributed by atoms with Crippen molar-refractivity contribution in [2.45, 2.75) is 31.1 Å². The molecule has 1 aromatic carbocycles. The highest BCUT2D eigenvalue weighted by molar-refractivity contribution is 9.10. The molecule has 0 aromatic heterocycles. The maximum atomic E-state index is 12.2. The molecular weight excluding hydrogens is 316 g/mol. The van der Waals surface area contributed by atoms with Crippen molar-refractivity contribution in [2.75, 3.05) is 12.3 Å². The van der Waals surface area contributed by atoms with Crippen LogP contribution < -0.4 is 10.5 Å². The number of nitrogen functional groups attached to an aromatic ring is 1. The first kappa shape index (κ1) is 13.8. The van der Waals surface area contributed by atoms with Gasteiger partial charge in [-0.1, -0.05) is 6.92 Å². The first-order valence-electron chi connectivity index (χ1n) is 5.93. The summed E-state index contributed by atoms with van der Waals surface area (Å²) in [5.41, 5.74) is 6.32. The van der Waals surface area contributed by atoms with Gasteiger partial charge in [-0.25, -0.2) is 13.1 Å². The molecule has 1 aromatic rings. The summed E-state index contributed by atoms with van der Waals surface area (Å²) in [7, 11) is -3.46. The van der Waals surface area contributed by atoms with Gasteiger partial charge in [0.15, 0.2) is 0 Å². The van der Waals surface area contributed by atoms with Gasteiger partial charge < -0.3 is 5.73 Å². The monoisotopic (exact) mass is 332 g/mol. The second-order valence-corrected chi connectivity index (χ2v) is 7.46. The summed E-state index contributed by atoms with van der Waals surface area (Å²) >= 11 is 3.24. The highest BCUT2D eigenvalue weighted by Crippen LogP contribution is 2.48. The third-order valence-electron chi connectivity index (χ3n) is 3.59. The fourth-order valence-electron chi connectivity index (χ4n) is 1.89. The highest BCUT2D eigenvalue weighted by Gasteiger charge is 2.41. The van der Waals surface area contributed by atoms with Gasteiger partial charge >= 0.3 is 0 Å². The first-order chi connectivity index (χ1) is 8.38. The van der Waals surface area contributed by atoms with Crippen molar-refractivity contribution in [3.63, 3.8) is 0 Å². The van der Waals surface area contributed by atoms with E-state index in [1.54, 1.807) is 12.1 Å². The van der Waals surface area contributed by atoms with Crippen LogP contribution in [0.3, 0.4) is 0 Å². The molecule has 2 rings (SSSR count). The van der Waals surface area contributed by atoms with Crippen LogP contribution in [0, 0.1) is 5.41 Å². The van der Waals surface area contributed by atoms with E-state index in [-0.39, 0.29) is 10.3 Å². The summed E-state index contributed by atoms with van der Waals surface area (Å²) in [6.45, 7) is 2.61. The summed E-state index contributed by atoms with van der Waals surface area (Å²) in [6, 6.07) is 4.71. The Bertz CT molecular complexity index is 553. The Morgan fingerprint density at radius 1 is 1.44 bits per heavy atom. The van der Waals surface area contributed by atoms with Crippen molar-refractivity contribution in [1.82, 2.24) is 4.72 Å². The summed E-state index contributed by atoms with van der Waals surface area (Å²) in [5, 5.41) is 0. The molecule has 0 amide bonds. The molecule has 100 valence electrons. The molecule has 0 unspecified atom stereocenters. The van der Waals surface area contributed by atoms with E-state index in [1.807, 2.05) is 0 Å². The van der Waals surface area contributed by atoms with Crippen LogP contribution in [0.1, 0.15) is 26.2 Å². The van der Waals surface area contributed by atoms with E-state index >= 15 is 0 Å². The zero-order valence-electron chi connectivity index (χ0n) is 10.2. The van der Waals surface area contributed by atoms with E-state index in [0.29, 0.717) is 16.7 Å². The van der Waals surface area contributed by atoms with E-state index in [4.69, 9.17) is 5.73 Å². The standard InChI is InChI=1S/C12H17BrN2O2S/c1-2-12(5-6-12)8-15-18(16,17)11-4-3-9(14)7-10(11)13/h3-4,7,15H,2,5-6,8,14H2,1H3. The molecule has 0 bridgehead atoms. The molecule has 0 saturated heterocycles. The lowest BCUT2D eigenvalue weighted by molar-refractivity contribution is 0.475. The van der Waals surface area contributed by atoms with Crippen LogP contribution in [0.4, 0.5) is 5.69 Å². The Hall–Kier alpha value is -0.590. The third kappa shape index (κ3) is 2.87. The summed E-state index contributed by atoms with van der Waals surface area (Å²) in [6.07, 6.45) is 3.22. The van der Waals surface area contributed by atoms with Crippen LogP contribution in [0.5, 0.6) is 0 Å². The summed E-state index contributed by atoms with van der Waals surface area (Å²) in [5.74, 6) is 0. The molecular formula is C12H17BrN2O2S. The van der Waals surface area contributed by atoms with Crippen molar-refractivity contribution in [1.29, 1.82) is 0 Å². The normalized spacial score (nSPS) is 17.7. The van der Waals surface area contributed by atoms with Gasteiger partial charge in [-0.15, -0.1) is 0 Å². The van der Waals surface area contributed by atoms with E-state index in [9.17, 15) is 8.42 Å². The lowest BCUT2D eigenvalue weighted by Crippen LogP contribution is -2.30. The Labute approximate surface area is 116 Å². The van der Waals surface area contributed by atoms with Crippen LogP contribution in [0.25, 0.3) is 0 Å². The third-order valence-corrected chi connectivity index (χ3v) is 5.97. The van der Waals surface area contributed by atoms with Gasteiger partial charge in [0, 0.05) is 16.7 Å². The number of nitrogens with two attached hydrogens (primary N) is 1. The molecule has 0 spiro atoms. The minimum atomic E-state index is -3.46. The second kappa shape index (κ2) is 4.83. The van der Waals surface area contributed by atoms with Gasteiger partial charge in [-0.05, 0) is 58.8 Å². The zero-order chi connectivity index (χ0) is 13.4. The number of halogens is 1. The maximum absolute atomic E-state index is 12.2. The number of rotatable bonds is 5. The number of sulfonamides is 1. The molecule has 0 radical (unpaired) electrons. The number of benzene rings is 1. The first-order valence-corrected chi connectivity index (χ1v) is 8.21. The highest BCUT2D eigenvalue weighted by atomic mass is 79.9. The van der Waals surface area contributed by atoms with Crippen LogP contribution in [-0.4, -0.2) is 15.0 Å². The van der Waals surface area contributed by atoms with Gasteiger partial charge in [0.05, 0.1) is 4.90 Å². The van der Waals surface area contributed by atoms with Gasteiger partial charge in [-0.3, -0.25) is 0 Å². The molecule has 6 heteroatoms. The molecule has 3 N–H and O–H groups in total. The lowest BCUT2D eigenvalue weighted by Gasteiger charge is -2.14. The SMILES string of the molecule is CCC1(CNS(=O)(=O)c2ccc(N)cc2Br)CC1. The number of anilines is 1. The smallest absolute Gasteiger partial charge is 0.241 e. The van der Waals surface area contributed by atoms with E-state index < -0.39 is 10.0 Å². The maximum Gasteiger partial charge on any atom is 0.241 e. The predicted octanol–water partition coefficient (Wildman–Crippen LogP) is 2.50. The molecule has 18 heavy (non-hydrogen) atoms. The molecule has 1 fully saturated rings. The molecule has 4 nitrogen and oxygen atoms in total. The Balaban J connectivity index is 2.15. The van der Waals surface area contributed by atoms with E-state index in [0.717, 1.165) is 19.3 Å². The van der Waals surface area contributed by atoms with Crippen molar-refractivity contribution in [3.8, 4) is 0 Å².